The largest absolute Gasteiger partial charge is 0.382 e. The zero-order valence-corrected chi connectivity index (χ0v) is 10.6. The molecule has 0 radical (unpaired) electrons. The first-order valence-electron chi connectivity index (χ1n) is 6.09. The lowest BCUT2D eigenvalue weighted by Crippen LogP contribution is -2.11. The van der Waals surface area contributed by atoms with Gasteiger partial charge in [-0.2, -0.15) is 5.10 Å². The number of aliphatic hydroxyl groups excluding tert-OH is 1. The van der Waals surface area contributed by atoms with Gasteiger partial charge < -0.3 is 5.11 Å². The van der Waals surface area contributed by atoms with Crippen LogP contribution in [-0.4, -0.2) is 14.9 Å². The van der Waals surface area contributed by atoms with Crippen LogP contribution in [0.5, 0.6) is 0 Å². The van der Waals surface area contributed by atoms with Gasteiger partial charge in [-0.3, -0.25) is 4.68 Å². The molecule has 2 rings (SSSR count). The van der Waals surface area contributed by atoms with Gasteiger partial charge >= 0.3 is 0 Å². The van der Waals surface area contributed by atoms with Gasteiger partial charge in [0.1, 0.15) is 11.9 Å². The molecule has 3 nitrogen and oxygen atoms in total. The average Bonchev–Trinajstić information content (AvgIpc) is 2.77. The second-order valence-electron chi connectivity index (χ2n) is 4.38. The van der Waals surface area contributed by atoms with E-state index in [0.717, 1.165) is 24.2 Å². The van der Waals surface area contributed by atoms with Gasteiger partial charge in [-0.05, 0) is 42.7 Å². The van der Waals surface area contributed by atoms with E-state index in [9.17, 15) is 9.50 Å². The number of nitrogens with zero attached hydrogens (tertiary/aromatic N) is 2. The summed E-state index contributed by atoms with van der Waals surface area (Å²) < 4.78 is 14.8. The summed E-state index contributed by atoms with van der Waals surface area (Å²) >= 11 is 0. The summed E-state index contributed by atoms with van der Waals surface area (Å²) in [6, 6.07) is 6.22. The van der Waals surface area contributed by atoms with Crippen molar-refractivity contribution in [2.24, 2.45) is 0 Å². The molecule has 0 aliphatic heterocycles. The van der Waals surface area contributed by atoms with Crippen molar-refractivity contribution in [2.45, 2.75) is 32.9 Å². The Balaban J connectivity index is 2.35. The Morgan fingerprint density at radius 3 is 2.83 bits per heavy atom. The highest BCUT2D eigenvalue weighted by Gasteiger charge is 2.17. The van der Waals surface area contributed by atoms with Crippen molar-refractivity contribution in [3.05, 3.63) is 53.1 Å². The summed E-state index contributed by atoms with van der Waals surface area (Å²) in [6.07, 6.45) is 1.86. The minimum Gasteiger partial charge on any atom is -0.382 e. The van der Waals surface area contributed by atoms with E-state index >= 15 is 0 Å². The molecule has 1 N–H and O–H groups in total. The lowest BCUT2D eigenvalue weighted by atomic mass is 10.0. The number of rotatable bonds is 4. The van der Waals surface area contributed by atoms with E-state index in [1.807, 2.05) is 0 Å². The zero-order chi connectivity index (χ0) is 13.1. The minimum absolute atomic E-state index is 0.287. The second-order valence-corrected chi connectivity index (χ2v) is 4.38. The Hall–Kier alpha value is -1.68. The van der Waals surface area contributed by atoms with Crippen molar-refractivity contribution >= 4 is 0 Å². The normalized spacial score (nSPS) is 12.7. The molecule has 0 aliphatic carbocycles. The van der Waals surface area contributed by atoms with Crippen LogP contribution in [0.3, 0.4) is 0 Å². The monoisotopic (exact) mass is 248 g/mol. The van der Waals surface area contributed by atoms with Crippen molar-refractivity contribution in [1.29, 1.82) is 0 Å². The topological polar surface area (TPSA) is 38.0 Å². The first kappa shape index (κ1) is 12.8. The zero-order valence-electron chi connectivity index (χ0n) is 10.6. The summed E-state index contributed by atoms with van der Waals surface area (Å²) in [4.78, 5) is 0. The highest BCUT2D eigenvalue weighted by Crippen LogP contribution is 2.25. The van der Waals surface area contributed by atoms with Crippen LogP contribution in [0.25, 0.3) is 0 Å². The number of hydrogen-bond acceptors (Lipinski definition) is 2. The minimum atomic E-state index is -0.764. The Labute approximate surface area is 106 Å². The smallest absolute Gasteiger partial charge is 0.123 e. The third-order valence-electron chi connectivity index (χ3n) is 2.99. The molecule has 4 heteroatoms. The first-order chi connectivity index (χ1) is 8.63. The van der Waals surface area contributed by atoms with Crippen molar-refractivity contribution < 1.29 is 9.50 Å². The maximum atomic E-state index is 13.1. The number of aryl methyl sites for hydroxylation is 2. The molecule has 0 bridgehead atoms. The molecular weight excluding hydrogens is 231 g/mol. The first-order valence-corrected chi connectivity index (χ1v) is 6.09. The van der Waals surface area contributed by atoms with Crippen molar-refractivity contribution in [3.63, 3.8) is 0 Å². The molecular formula is C14H17FN2O. The summed E-state index contributed by atoms with van der Waals surface area (Å²) in [5.74, 6) is -0.287. The van der Waals surface area contributed by atoms with E-state index in [-0.39, 0.29) is 5.82 Å². The Bertz CT molecular complexity index is 536. The molecule has 0 spiro atoms. The van der Waals surface area contributed by atoms with Crippen molar-refractivity contribution in [3.8, 4) is 0 Å². The fourth-order valence-electron chi connectivity index (χ4n) is 2.08. The van der Waals surface area contributed by atoms with Gasteiger partial charge in [0.2, 0.25) is 0 Å². The van der Waals surface area contributed by atoms with E-state index in [4.69, 9.17) is 0 Å². The summed E-state index contributed by atoms with van der Waals surface area (Å²) in [5.41, 5.74) is 2.20. The summed E-state index contributed by atoms with van der Waals surface area (Å²) in [5, 5.41) is 14.6. The van der Waals surface area contributed by atoms with Gasteiger partial charge in [0, 0.05) is 12.7 Å². The quantitative estimate of drug-likeness (QED) is 0.903. The third kappa shape index (κ3) is 2.43. The van der Waals surface area contributed by atoms with Crippen LogP contribution in [0.4, 0.5) is 4.39 Å². The molecule has 1 heterocycles. The van der Waals surface area contributed by atoms with E-state index in [1.54, 1.807) is 29.9 Å². The molecule has 96 valence electrons. The molecule has 1 aromatic heterocycles. The Morgan fingerprint density at radius 1 is 1.39 bits per heavy atom. The van der Waals surface area contributed by atoms with Crippen LogP contribution in [0, 0.1) is 12.7 Å². The highest BCUT2D eigenvalue weighted by molar-refractivity contribution is 5.33. The lowest BCUT2D eigenvalue weighted by Gasteiger charge is -2.15. The fraction of sp³-hybridized carbons (Fsp3) is 0.357. The average molecular weight is 248 g/mol. The van der Waals surface area contributed by atoms with Crippen LogP contribution in [0.1, 0.15) is 36.3 Å². The molecule has 0 aliphatic rings. The van der Waals surface area contributed by atoms with Gasteiger partial charge in [0.05, 0.1) is 5.69 Å². The third-order valence-corrected chi connectivity index (χ3v) is 2.99. The van der Waals surface area contributed by atoms with E-state index in [2.05, 4.69) is 12.0 Å². The molecule has 0 saturated carbocycles. The molecule has 1 atom stereocenters. The molecule has 18 heavy (non-hydrogen) atoms. The van der Waals surface area contributed by atoms with Gasteiger partial charge in [-0.1, -0.05) is 13.0 Å². The fourth-order valence-corrected chi connectivity index (χ4v) is 2.08. The van der Waals surface area contributed by atoms with Crippen LogP contribution >= 0.6 is 0 Å². The SMILES string of the molecule is CCCn1nccc1C(O)c1ccc(F)cc1C. The van der Waals surface area contributed by atoms with Gasteiger partial charge in [0.25, 0.3) is 0 Å². The number of benzene rings is 1. The predicted octanol–water partition coefficient (Wildman–Crippen LogP) is 2.82. The molecule has 0 fully saturated rings. The van der Waals surface area contributed by atoms with Gasteiger partial charge in [-0.25, -0.2) is 4.39 Å². The van der Waals surface area contributed by atoms with Gasteiger partial charge in [-0.15, -0.1) is 0 Å². The predicted molar refractivity (Wildman–Crippen MR) is 67.7 cm³/mol. The number of aromatic nitrogens is 2. The van der Waals surface area contributed by atoms with E-state index in [1.165, 1.54) is 12.1 Å². The second kappa shape index (κ2) is 5.31. The van der Waals surface area contributed by atoms with E-state index < -0.39 is 6.10 Å². The number of halogens is 1. The number of hydrogen-bond donors (Lipinski definition) is 1. The highest BCUT2D eigenvalue weighted by atomic mass is 19.1. The maximum absolute atomic E-state index is 13.1. The molecule has 1 aromatic carbocycles. The van der Waals surface area contributed by atoms with Crippen molar-refractivity contribution in [2.75, 3.05) is 0 Å². The standard InChI is InChI=1S/C14H17FN2O/c1-3-8-17-13(6-7-16-17)14(18)12-5-4-11(15)9-10(12)2/h4-7,9,14,18H,3,8H2,1-2H3. The van der Waals surface area contributed by atoms with Crippen molar-refractivity contribution in [1.82, 2.24) is 9.78 Å². The lowest BCUT2D eigenvalue weighted by molar-refractivity contribution is 0.206. The molecule has 2 aromatic rings. The van der Waals surface area contributed by atoms with Crippen LogP contribution in [0.15, 0.2) is 30.5 Å². The maximum Gasteiger partial charge on any atom is 0.123 e. The van der Waals surface area contributed by atoms with Crippen LogP contribution in [-0.2, 0) is 6.54 Å². The Morgan fingerprint density at radius 2 is 2.17 bits per heavy atom. The molecule has 0 saturated heterocycles. The van der Waals surface area contributed by atoms with E-state index in [0.29, 0.717) is 5.56 Å². The molecule has 1 unspecified atom stereocenters. The molecule has 0 amide bonds. The van der Waals surface area contributed by atoms with Crippen LogP contribution in [0.2, 0.25) is 0 Å². The van der Waals surface area contributed by atoms with Crippen LogP contribution < -0.4 is 0 Å². The number of aliphatic hydroxyl groups is 1. The van der Waals surface area contributed by atoms with Gasteiger partial charge in [0.15, 0.2) is 0 Å². The summed E-state index contributed by atoms with van der Waals surface area (Å²) in [7, 11) is 0. The summed E-state index contributed by atoms with van der Waals surface area (Å²) in [6.45, 7) is 4.61. The Kier molecular flexibility index (Phi) is 3.77.